The highest BCUT2D eigenvalue weighted by molar-refractivity contribution is 6.08. The van der Waals surface area contributed by atoms with Crippen molar-refractivity contribution in [3.8, 4) is 0 Å². The Morgan fingerprint density at radius 1 is 1.30 bits per heavy atom. The second kappa shape index (κ2) is 4.34. The van der Waals surface area contributed by atoms with Gasteiger partial charge in [0.05, 0.1) is 11.6 Å². The van der Waals surface area contributed by atoms with E-state index in [0.717, 1.165) is 11.1 Å². The van der Waals surface area contributed by atoms with Crippen molar-refractivity contribution in [2.24, 2.45) is 11.0 Å². The quantitative estimate of drug-likeness (QED) is 0.831. The van der Waals surface area contributed by atoms with Gasteiger partial charge < -0.3 is 5.11 Å². The van der Waals surface area contributed by atoms with Gasteiger partial charge in [-0.15, -0.1) is 0 Å². The predicted octanol–water partition coefficient (Wildman–Crippen LogP) is 2.69. The van der Waals surface area contributed by atoms with Crippen LogP contribution in [0.1, 0.15) is 18.4 Å². The molecule has 1 aliphatic carbocycles. The summed E-state index contributed by atoms with van der Waals surface area (Å²) >= 11 is 0. The fourth-order valence-corrected chi connectivity index (χ4v) is 2.73. The summed E-state index contributed by atoms with van der Waals surface area (Å²) in [6, 6.07) is 9.34. The highest BCUT2D eigenvalue weighted by atomic mass is 19.4. The molecule has 0 unspecified atom stereocenters. The molecule has 20 heavy (non-hydrogen) atoms. The van der Waals surface area contributed by atoms with E-state index in [1.165, 1.54) is 0 Å². The Morgan fingerprint density at radius 2 is 2.00 bits per heavy atom. The fraction of sp³-hybridized carbons (Fsp3) is 0.357. The first kappa shape index (κ1) is 13.2. The van der Waals surface area contributed by atoms with Gasteiger partial charge >= 0.3 is 6.18 Å². The number of hydrogen-bond donors (Lipinski definition) is 2. The summed E-state index contributed by atoms with van der Waals surface area (Å²) in [4.78, 5) is 0. The average molecular weight is 282 g/mol. The molecule has 1 aromatic rings. The monoisotopic (exact) mass is 282 g/mol. The minimum atomic E-state index is -4.74. The third-order valence-corrected chi connectivity index (χ3v) is 3.79. The Kier molecular flexibility index (Phi) is 2.86. The third kappa shape index (κ3) is 1.91. The molecule has 0 saturated heterocycles. The molecule has 0 amide bonds. The molecule has 1 aliphatic heterocycles. The minimum Gasteiger partial charge on any atom is -0.362 e. The van der Waals surface area contributed by atoms with Gasteiger partial charge in [-0.05, 0) is 30.1 Å². The van der Waals surface area contributed by atoms with Crippen molar-refractivity contribution in [1.82, 2.24) is 5.43 Å². The van der Waals surface area contributed by atoms with Crippen LogP contribution in [0, 0.1) is 5.92 Å². The Balaban J connectivity index is 1.90. The number of hydrazone groups is 1. The van der Waals surface area contributed by atoms with Crippen molar-refractivity contribution >= 4 is 11.8 Å². The van der Waals surface area contributed by atoms with E-state index in [9.17, 15) is 18.3 Å². The Morgan fingerprint density at radius 3 is 2.65 bits per heavy atom. The van der Waals surface area contributed by atoms with E-state index in [2.05, 4.69) is 5.10 Å². The summed E-state index contributed by atoms with van der Waals surface area (Å²) in [5.74, 6) is -1.03. The van der Waals surface area contributed by atoms with Gasteiger partial charge in [0.25, 0.3) is 5.72 Å². The maximum atomic E-state index is 12.9. The Bertz CT molecular complexity index is 580. The summed E-state index contributed by atoms with van der Waals surface area (Å²) in [7, 11) is 0. The summed E-state index contributed by atoms with van der Waals surface area (Å²) in [6.45, 7) is 0. The zero-order chi connectivity index (χ0) is 14.4. The van der Waals surface area contributed by atoms with E-state index < -0.39 is 17.8 Å². The van der Waals surface area contributed by atoms with E-state index in [0.29, 0.717) is 12.1 Å². The molecule has 3 rings (SSSR count). The molecule has 0 spiro atoms. The molecule has 1 aromatic carbocycles. The van der Waals surface area contributed by atoms with Crippen molar-refractivity contribution in [2.75, 3.05) is 0 Å². The van der Waals surface area contributed by atoms with Gasteiger partial charge in [0.1, 0.15) is 0 Å². The normalized spacial score (nSPS) is 31.1. The van der Waals surface area contributed by atoms with Gasteiger partial charge in [0, 0.05) is 0 Å². The summed E-state index contributed by atoms with van der Waals surface area (Å²) in [6.07, 6.45) is -2.20. The standard InChI is InChI=1S/C14H13F3N2O/c15-14(16,17)13(20)11-7-6-10(12(11)18-19-13)8-9-4-2-1-3-5-9/h1-5,8,11,19-20H,6-7H2/b10-8+/t11-,13+/m0/s1. The molecule has 1 saturated carbocycles. The highest BCUT2D eigenvalue weighted by Crippen LogP contribution is 2.45. The number of benzene rings is 1. The molecule has 2 aliphatic rings. The number of nitrogens with one attached hydrogen (secondary N) is 1. The Labute approximate surface area is 113 Å². The summed E-state index contributed by atoms with van der Waals surface area (Å²) in [5.41, 5.74) is 0.901. The number of allylic oxidation sites excluding steroid dienone is 1. The topological polar surface area (TPSA) is 44.6 Å². The van der Waals surface area contributed by atoms with Crippen LogP contribution >= 0.6 is 0 Å². The van der Waals surface area contributed by atoms with Gasteiger partial charge in [-0.2, -0.15) is 18.3 Å². The molecular formula is C14H13F3N2O. The maximum absolute atomic E-state index is 12.9. The number of fused-ring (bicyclic) bond motifs is 1. The van der Waals surface area contributed by atoms with E-state index in [1.54, 1.807) is 0 Å². The van der Waals surface area contributed by atoms with Crippen molar-refractivity contribution in [1.29, 1.82) is 0 Å². The smallest absolute Gasteiger partial charge is 0.362 e. The lowest BCUT2D eigenvalue weighted by Crippen LogP contribution is -2.57. The molecule has 0 radical (unpaired) electrons. The van der Waals surface area contributed by atoms with Crippen LogP contribution in [0.4, 0.5) is 13.2 Å². The number of halogens is 3. The molecule has 106 valence electrons. The number of aliphatic hydroxyl groups is 1. The van der Waals surface area contributed by atoms with E-state index in [4.69, 9.17) is 0 Å². The average Bonchev–Trinajstić information content (AvgIpc) is 2.94. The number of rotatable bonds is 1. The van der Waals surface area contributed by atoms with Crippen LogP contribution in [0.5, 0.6) is 0 Å². The molecule has 2 atom stereocenters. The first-order valence-corrected chi connectivity index (χ1v) is 6.31. The highest BCUT2D eigenvalue weighted by Gasteiger charge is 2.64. The lowest BCUT2D eigenvalue weighted by molar-refractivity contribution is -0.280. The van der Waals surface area contributed by atoms with Crippen LogP contribution in [0.25, 0.3) is 6.08 Å². The molecule has 1 fully saturated rings. The predicted molar refractivity (Wildman–Crippen MR) is 68.7 cm³/mol. The molecule has 3 nitrogen and oxygen atoms in total. The summed E-state index contributed by atoms with van der Waals surface area (Å²) < 4.78 is 38.8. The first-order valence-electron chi connectivity index (χ1n) is 6.31. The number of alkyl halides is 3. The van der Waals surface area contributed by atoms with Crippen molar-refractivity contribution in [2.45, 2.75) is 24.7 Å². The Hall–Kier alpha value is -1.82. The zero-order valence-electron chi connectivity index (χ0n) is 10.5. The van der Waals surface area contributed by atoms with Crippen LogP contribution in [-0.2, 0) is 0 Å². The van der Waals surface area contributed by atoms with E-state index in [1.807, 2.05) is 41.8 Å². The van der Waals surface area contributed by atoms with Gasteiger partial charge in [0.2, 0.25) is 0 Å². The first-order chi connectivity index (χ1) is 9.42. The van der Waals surface area contributed by atoms with Crippen LogP contribution in [0.15, 0.2) is 41.0 Å². The van der Waals surface area contributed by atoms with Crippen LogP contribution in [0.2, 0.25) is 0 Å². The summed E-state index contributed by atoms with van der Waals surface area (Å²) in [5, 5.41) is 13.5. The van der Waals surface area contributed by atoms with Gasteiger partial charge in [0.15, 0.2) is 0 Å². The molecule has 1 heterocycles. The number of nitrogens with zero attached hydrogens (tertiary/aromatic N) is 1. The van der Waals surface area contributed by atoms with E-state index in [-0.39, 0.29) is 6.42 Å². The van der Waals surface area contributed by atoms with E-state index >= 15 is 0 Å². The van der Waals surface area contributed by atoms with Crippen molar-refractivity contribution in [3.05, 3.63) is 41.5 Å². The molecule has 6 heteroatoms. The largest absolute Gasteiger partial charge is 0.438 e. The van der Waals surface area contributed by atoms with Gasteiger partial charge in [-0.25, -0.2) is 0 Å². The maximum Gasteiger partial charge on any atom is 0.438 e. The fourth-order valence-electron chi connectivity index (χ4n) is 2.73. The van der Waals surface area contributed by atoms with Crippen LogP contribution < -0.4 is 5.43 Å². The van der Waals surface area contributed by atoms with Gasteiger partial charge in [-0.3, -0.25) is 5.43 Å². The van der Waals surface area contributed by atoms with Crippen molar-refractivity contribution in [3.63, 3.8) is 0 Å². The second-order valence-electron chi connectivity index (χ2n) is 5.04. The van der Waals surface area contributed by atoms with Crippen molar-refractivity contribution < 1.29 is 18.3 Å². The lowest BCUT2D eigenvalue weighted by Gasteiger charge is -2.29. The second-order valence-corrected chi connectivity index (χ2v) is 5.04. The van der Waals surface area contributed by atoms with Gasteiger partial charge in [-0.1, -0.05) is 30.3 Å². The minimum absolute atomic E-state index is 0.237. The molecule has 0 bridgehead atoms. The molecule has 2 N–H and O–H groups in total. The molecule has 0 aromatic heterocycles. The lowest BCUT2D eigenvalue weighted by atomic mass is 9.93. The molecular weight excluding hydrogens is 269 g/mol. The van der Waals surface area contributed by atoms with Crippen LogP contribution in [0.3, 0.4) is 0 Å². The number of hydrogen-bond acceptors (Lipinski definition) is 3. The SMILES string of the molecule is O[C@]1(C(F)(F)F)NN=C2/C(=C/c3ccccc3)CC[C@@H]21. The zero-order valence-corrected chi connectivity index (χ0v) is 10.5. The third-order valence-electron chi connectivity index (χ3n) is 3.79. The van der Waals surface area contributed by atoms with Crippen LogP contribution in [-0.4, -0.2) is 22.7 Å².